The van der Waals surface area contributed by atoms with E-state index in [2.05, 4.69) is 17.2 Å². The number of rotatable bonds is 8. The molecule has 0 radical (unpaired) electrons. The molecule has 0 atom stereocenters. The van der Waals surface area contributed by atoms with Crippen LogP contribution < -0.4 is 5.32 Å². The molecule has 120 valence electrons. The molecule has 2 aromatic heterocycles. The van der Waals surface area contributed by atoms with E-state index in [0.29, 0.717) is 18.8 Å². The van der Waals surface area contributed by atoms with Crippen molar-refractivity contribution in [2.75, 3.05) is 19.8 Å². The molecular formula is C17H25N3O2. The van der Waals surface area contributed by atoms with Crippen LogP contribution in [0.1, 0.15) is 47.9 Å². The highest BCUT2D eigenvalue weighted by Gasteiger charge is 2.15. The molecule has 0 aliphatic rings. The van der Waals surface area contributed by atoms with E-state index < -0.39 is 0 Å². The summed E-state index contributed by atoms with van der Waals surface area (Å²) in [6.07, 6.45) is 4.95. The van der Waals surface area contributed by atoms with Crippen molar-refractivity contribution in [2.45, 2.75) is 40.0 Å². The second-order valence-electron chi connectivity index (χ2n) is 5.55. The molecule has 0 unspecified atom stereocenters. The summed E-state index contributed by atoms with van der Waals surface area (Å²) in [5.74, 6) is -0.0811. The molecule has 5 nitrogen and oxygen atoms in total. The number of imidazole rings is 1. The first-order valence-corrected chi connectivity index (χ1v) is 7.94. The number of carbonyl (C=O) groups excluding carboxylic acids is 1. The highest BCUT2D eigenvalue weighted by molar-refractivity contribution is 5.94. The minimum atomic E-state index is -0.0811. The van der Waals surface area contributed by atoms with E-state index >= 15 is 0 Å². The van der Waals surface area contributed by atoms with Crippen LogP contribution in [0.25, 0.3) is 5.65 Å². The van der Waals surface area contributed by atoms with Crippen LogP contribution in [0.5, 0.6) is 0 Å². The number of ether oxygens (including phenoxy) is 1. The Labute approximate surface area is 131 Å². The first-order valence-electron chi connectivity index (χ1n) is 7.94. The van der Waals surface area contributed by atoms with Crippen LogP contribution >= 0.6 is 0 Å². The largest absolute Gasteiger partial charge is 0.381 e. The molecule has 0 aromatic carbocycles. The molecule has 0 aliphatic carbocycles. The Morgan fingerprint density at radius 3 is 2.86 bits per heavy atom. The Morgan fingerprint density at radius 1 is 1.32 bits per heavy atom. The maximum Gasteiger partial charge on any atom is 0.270 e. The fraction of sp³-hybridized carbons (Fsp3) is 0.529. The minimum absolute atomic E-state index is 0.0811. The Kier molecular flexibility index (Phi) is 5.95. The molecule has 0 aliphatic heterocycles. The smallest absolute Gasteiger partial charge is 0.270 e. The van der Waals surface area contributed by atoms with Gasteiger partial charge in [-0.15, -0.1) is 0 Å². The summed E-state index contributed by atoms with van der Waals surface area (Å²) in [5.41, 5.74) is 3.31. The van der Waals surface area contributed by atoms with Crippen molar-refractivity contribution in [3.8, 4) is 0 Å². The van der Waals surface area contributed by atoms with Gasteiger partial charge in [0.1, 0.15) is 11.3 Å². The first-order chi connectivity index (χ1) is 10.6. The van der Waals surface area contributed by atoms with Gasteiger partial charge in [-0.1, -0.05) is 13.3 Å². The Balaban J connectivity index is 1.89. The van der Waals surface area contributed by atoms with Crippen LogP contribution in [0.2, 0.25) is 0 Å². The van der Waals surface area contributed by atoms with Gasteiger partial charge < -0.3 is 10.1 Å². The van der Waals surface area contributed by atoms with Crippen LogP contribution in [0, 0.1) is 13.8 Å². The minimum Gasteiger partial charge on any atom is -0.381 e. The molecule has 0 saturated carbocycles. The number of nitrogens with one attached hydrogen (secondary N) is 1. The fourth-order valence-corrected chi connectivity index (χ4v) is 2.35. The van der Waals surface area contributed by atoms with Crippen molar-refractivity contribution in [3.63, 3.8) is 0 Å². The Morgan fingerprint density at radius 2 is 2.09 bits per heavy atom. The molecular weight excluding hydrogens is 278 g/mol. The van der Waals surface area contributed by atoms with Crippen LogP contribution in [-0.4, -0.2) is 35.1 Å². The molecule has 22 heavy (non-hydrogen) atoms. The molecule has 0 bridgehead atoms. The fourth-order valence-electron chi connectivity index (χ4n) is 2.35. The number of fused-ring (bicyclic) bond motifs is 1. The first kappa shape index (κ1) is 16.5. The standard InChI is InChI=1S/C17H25N3O2/c1-4-5-10-22-11-6-8-18-17(21)16-14(3)19-15-12-13(2)7-9-20(15)16/h7,9,12H,4-6,8,10-11H2,1-3H3,(H,18,21). The SMILES string of the molecule is CCCCOCCCNC(=O)c1c(C)nc2cc(C)ccn12. The average molecular weight is 303 g/mol. The molecule has 0 saturated heterocycles. The van der Waals surface area contributed by atoms with E-state index in [9.17, 15) is 4.79 Å². The van der Waals surface area contributed by atoms with Crippen molar-refractivity contribution >= 4 is 11.6 Å². The molecule has 0 spiro atoms. The van der Waals surface area contributed by atoms with Crippen LogP contribution in [-0.2, 0) is 4.74 Å². The maximum absolute atomic E-state index is 12.3. The van der Waals surface area contributed by atoms with Crippen molar-refractivity contribution < 1.29 is 9.53 Å². The lowest BCUT2D eigenvalue weighted by atomic mass is 10.3. The summed E-state index contributed by atoms with van der Waals surface area (Å²) in [6, 6.07) is 3.96. The number of amides is 1. The van der Waals surface area contributed by atoms with E-state index in [0.717, 1.165) is 42.8 Å². The van der Waals surface area contributed by atoms with Gasteiger partial charge in [-0.3, -0.25) is 9.20 Å². The zero-order valence-electron chi connectivity index (χ0n) is 13.7. The molecule has 2 rings (SSSR count). The molecule has 2 aromatic rings. The number of pyridine rings is 1. The third-order valence-corrected chi connectivity index (χ3v) is 3.56. The van der Waals surface area contributed by atoms with Gasteiger partial charge >= 0.3 is 0 Å². The normalized spacial score (nSPS) is 11.0. The van der Waals surface area contributed by atoms with Gasteiger partial charge in [-0.2, -0.15) is 0 Å². The maximum atomic E-state index is 12.3. The number of nitrogens with zero attached hydrogens (tertiary/aromatic N) is 2. The third-order valence-electron chi connectivity index (χ3n) is 3.56. The molecule has 2 heterocycles. The van der Waals surface area contributed by atoms with Crippen molar-refractivity contribution in [1.29, 1.82) is 0 Å². The van der Waals surface area contributed by atoms with E-state index in [1.807, 2.05) is 36.6 Å². The van der Waals surface area contributed by atoms with Gasteiger partial charge in [0.05, 0.1) is 5.69 Å². The molecule has 1 amide bonds. The molecule has 5 heteroatoms. The van der Waals surface area contributed by atoms with Gasteiger partial charge in [0.25, 0.3) is 5.91 Å². The molecule has 0 fully saturated rings. The van der Waals surface area contributed by atoms with E-state index in [1.165, 1.54) is 0 Å². The van der Waals surface area contributed by atoms with E-state index in [-0.39, 0.29) is 5.91 Å². The second kappa shape index (κ2) is 7.94. The zero-order chi connectivity index (χ0) is 15.9. The monoisotopic (exact) mass is 303 g/mol. The van der Waals surface area contributed by atoms with E-state index in [1.54, 1.807) is 0 Å². The summed E-state index contributed by atoms with van der Waals surface area (Å²) < 4.78 is 7.33. The Hall–Kier alpha value is -1.88. The molecule has 1 N–H and O–H groups in total. The summed E-state index contributed by atoms with van der Waals surface area (Å²) in [4.78, 5) is 16.8. The summed E-state index contributed by atoms with van der Waals surface area (Å²) >= 11 is 0. The predicted molar refractivity (Wildman–Crippen MR) is 87.3 cm³/mol. The van der Waals surface area contributed by atoms with Crippen molar-refractivity contribution in [3.05, 3.63) is 35.3 Å². The highest BCUT2D eigenvalue weighted by Crippen LogP contribution is 2.13. The van der Waals surface area contributed by atoms with Gasteiger partial charge in [-0.05, 0) is 44.4 Å². The topological polar surface area (TPSA) is 55.6 Å². The lowest BCUT2D eigenvalue weighted by Gasteiger charge is -2.07. The third kappa shape index (κ3) is 4.07. The van der Waals surface area contributed by atoms with Crippen LogP contribution in [0.3, 0.4) is 0 Å². The van der Waals surface area contributed by atoms with Gasteiger partial charge in [0.15, 0.2) is 0 Å². The number of aryl methyl sites for hydroxylation is 2. The van der Waals surface area contributed by atoms with Gasteiger partial charge in [0.2, 0.25) is 0 Å². The number of carbonyl (C=O) groups is 1. The summed E-state index contributed by atoms with van der Waals surface area (Å²) in [7, 11) is 0. The van der Waals surface area contributed by atoms with Crippen molar-refractivity contribution in [1.82, 2.24) is 14.7 Å². The quantitative estimate of drug-likeness (QED) is 0.763. The van der Waals surface area contributed by atoms with Crippen LogP contribution in [0.15, 0.2) is 18.3 Å². The average Bonchev–Trinajstić information content (AvgIpc) is 2.81. The number of hydrogen-bond acceptors (Lipinski definition) is 3. The lowest BCUT2D eigenvalue weighted by Crippen LogP contribution is -2.27. The number of unbranched alkanes of at least 4 members (excludes halogenated alkanes) is 1. The zero-order valence-corrected chi connectivity index (χ0v) is 13.7. The predicted octanol–water partition coefficient (Wildman–Crippen LogP) is 2.89. The number of aromatic nitrogens is 2. The van der Waals surface area contributed by atoms with Crippen LogP contribution in [0.4, 0.5) is 0 Å². The van der Waals surface area contributed by atoms with Crippen molar-refractivity contribution in [2.24, 2.45) is 0 Å². The van der Waals surface area contributed by atoms with Gasteiger partial charge in [0, 0.05) is 26.0 Å². The highest BCUT2D eigenvalue weighted by atomic mass is 16.5. The second-order valence-corrected chi connectivity index (χ2v) is 5.55. The van der Waals surface area contributed by atoms with Gasteiger partial charge in [-0.25, -0.2) is 4.98 Å². The summed E-state index contributed by atoms with van der Waals surface area (Å²) in [5, 5.41) is 2.94. The number of hydrogen-bond donors (Lipinski definition) is 1. The summed E-state index contributed by atoms with van der Waals surface area (Å²) in [6.45, 7) is 8.13. The Bertz CT molecular complexity index is 634. The van der Waals surface area contributed by atoms with E-state index in [4.69, 9.17) is 4.74 Å². The lowest BCUT2D eigenvalue weighted by molar-refractivity contribution is 0.0934.